The van der Waals surface area contributed by atoms with Crippen molar-refractivity contribution in [3.8, 4) is 5.75 Å². The molecule has 0 unspecified atom stereocenters. The van der Waals surface area contributed by atoms with Gasteiger partial charge in [0.25, 0.3) is 0 Å². The topological polar surface area (TPSA) is 20.2 Å². The number of phenolic OH excluding ortho intramolecular Hbond substituents is 1. The summed E-state index contributed by atoms with van der Waals surface area (Å²) >= 11 is 5.49. The van der Waals surface area contributed by atoms with Crippen LogP contribution in [0.3, 0.4) is 0 Å². The van der Waals surface area contributed by atoms with Crippen molar-refractivity contribution in [3.63, 3.8) is 0 Å². The molecule has 0 spiro atoms. The van der Waals surface area contributed by atoms with E-state index in [4.69, 9.17) is 0 Å². The Hall–Kier alpha value is -1.06. The molecule has 1 N–H and O–H groups in total. The second-order valence-electron chi connectivity index (χ2n) is 5.30. The average Bonchev–Trinajstić information content (AvgIpc) is 2.84. The standard InChI is InChI=1S/C18H19BrOS/c1-4-10-9-14-13-7-8-15(19)11(5-2)17(13)21-18(14)12(6-3)16(10)20/h7-9,20H,4-6H2,1-3H3. The molecule has 0 aliphatic heterocycles. The Morgan fingerprint density at radius 1 is 0.952 bits per heavy atom. The third kappa shape index (κ3) is 2.18. The van der Waals surface area contributed by atoms with E-state index in [1.807, 2.05) is 11.3 Å². The van der Waals surface area contributed by atoms with Crippen molar-refractivity contribution >= 4 is 47.4 Å². The third-order valence-corrected chi connectivity index (χ3v) is 6.30. The normalized spacial score (nSPS) is 11.6. The molecule has 3 aromatic rings. The second-order valence-corrected chi connectivity index (χ2v) is 7.18. The summed E-state index contributed by atoms with van der Waals surface area (Å²) < 4.78 is 3.78. The van der Waals surface area contributed by atoms with Crippen molar-refractivity contribution in [1.29, 1.82) is 0 Å². The van der Waals surface area contributed by atoms with Crippen LogP contribution in [0.5, 0.6) is 5.75 Å². The van der Waals surface area contributed by atoms with E-state index in [1.54, 1.807) is 0 Å². The van der Waals surface area contributed by atoms with Gasteiger partial charge in [0.1, 0.15) is 5.75 Å². The van der Waals surface area contributed by atoms with E-state index in [1.165, 1.54) is 30.2 Å². The van der Waals surface area contributed by atoms with Crippen LogP contribution in [-0.4, -0.2) is 5.11 Å². The van der Waals surface area contributed by atoms with Gasteiger partial charge in [-0.25, -0.2) is 0 Å². The molecule has 2 aromatic carbocycles. The number of benzene rings is 2. The maximum absolute atomic E-state index is 10.5. The highest BCUT2D eigenvalue weighted by Crippen LogP contribution is 2.44. The monoisotopic (exact) mass is 362 g/mol. The van der Waals surface area contributed by atoms with Crippen LogP contribution in [0.2, 0.25) is 0 Å². The molecule has 0 radical (unpaired) electrons. The third-order valence-electron chi connectivity index (χ3n) is 4.21. The van der Waals surface area contributed by atoms with Gasteiger partial charge in [-0.05, 0) is 42.5 Å². The molecule has 0 bridgehead atoms. The fourth-order valence-electron chi connectivity index (χ4n) is 3.05. The minimum atomic E-state index is 0.496. The zero-order valence-corrected chi connectivity index (χ0v) is 15.0. The van der Waals surface area contributed by atoms with Crippen molar-refractivity contribution < 1.29 is 5.11 Å². The first-order valence-corrected chi connectivity index (χ1v) is 9.10. The number of aromatic hydroxyl groups is 1. The van der Waals surface area contributed by atoms with E-state index in [2.05, 4.69) is 54.9 Å². The molecule has 0 fully saturated rings. The fraction of sp³-hybridized carbons (Fsp3) is 0.333. The SMILES string of the molecule is CCc1cc2c(sc3c(CC)c(Br)ccc32)c(CC)c1O. The summed E-state index contributed by atoms with van der Waals surface area (Å²) in [4.78, 5) is 0. The molecule has 1 heterocycles. The van der Waals surface area contributed by atoms with Gasteiger partial charge in [-0.1, -0.05) is 42.8 Å². The molecule has 1 aromatic heterocycles. The molecular weight excluding hydrogens is 344 g/mol. The van der Waals surface area contributed by atoms with Gasteiger partial charge in [-0.3, -0.25) is 0 Å². The van der Waals surface area contributed by atoms with Gasteiger partial charge in [0.15, 0.2) is 0 Å². The number of hydrogen-bond acceptors (Lipinski definition) is 2. The van der Waals surface area contributed by atoms with E-state index >= 15 is 0 Å². The maximum atomic E-state index is 10.5. The fourth-order valence-corrected chi connectivity index (χ4v) is 5.30. The summed E-state index contributed by atoms with van der Waals surface area (Å²) in [6.45, 7) is 6.41. The summed E-state index contributed by atoms with van der Waals surface area (Å²) in [7, 11) is 0. The first-order valence-electron chi connectivity index (χ1n) is 7.49. The minimum absolute atomic E-state index is 0.496. The van der Waals surface area contributed by atoms with E-state index in [9.17, 15) is 5.11 Å². The Morgan fingerprint density at radius 2 is 1.62 bits per heavy atom. The van der Waals surface area contributed by atoms with Gasteiger partial charge in [0.05, 0.1) is 0 Å². The Morgan fingerprint density at radius 3 is 2.24 bits per heavy atom. The van der Waals surface area contributed by atoms with Gasteiger partial charge in [0.2, 0.25) is 0 Å². The van der Waals surface area contributed by atoms with Crippen LogP contribution in [0.4, 0.5) is 0 Å². The Labute approximate surface area is 137 Å². The number of fused-ring (bicyclic) bond motifs is 3. The number of halogens is 1. The molecule has 110 valence electrons. The lowest BCUT2D eigenvalue weighted by Gasteiger charge is -2.08. The van der Waals surface area contributed by atoms with Crippen LogP contribution < -0.4 is 0 Å². The van der Waals surface area contributed by atoms with Gasteiger partial charge in [-0.15, -0.1) is 11.3 Å². The number of hydrogen-bond donors (Lipinski definition) is 1. The zero-order chi connectivity index (χ0) is 15.1. The number of thiophene rings is 1. The summed E-state index contributed by atoms with van der Waals surface area (Å²) in [5.41, 5.74) is 3.53. The highest BCUT2D eigenvalue weighted by molar-refractivity contribution is 9.10. The molecule has 3 heteroatoms. The quantitative estimate of drug-likeness (QED) is 0.587. The Kier molecular flexibility index (Phi) is 3.98. The summed E-state index contributed by atoms with van der Waals surface area (Å²) in [6.07, 6.45) is 2.74. The van der Waals surface area contributed by atoms with E-state index in [0.717, 1.165) is 30.4 Å². The van der Waals surface area contributed by atoms with Crippen LogP contribution in [0.25, 0.3) is 20.2 Å². The lowest BCUT2D eigenvalue weighted by molar-refractivity contribution is 0.464. The lowest BCUT2D eigenvalue weighted by atomic mass is 9.99. The van der Waals surface area contributed by atoms with Crippen LogP contribution >= 0.6 is 27.3 Å². The molecule has 0 aliphatic carbocycles. The van der Waals surface area contributed by atoms with Crippen molar-refractivity contribution in [2.75, 3.05) is 0 Å². The molecule has 21 heavy (non-hydrogen) atoms. The van der Waals surface area contributed by atoms with Crippen LogP contribution in [-0.2, 0) is 19.3 Å². The summed E-state index contributed by atoms with van der Waals surface area (Å²) in [5, 5.41) is 13.1. The minimum Gasteiger partial charge on any atom is -0.507 e. The van der Waals surface area contributed by atoms with Crippen LogP contribution in [0.1, 0.15) is 37.5 Å². The predicted molar refractivity (Wildman–Crippen MR) is 96.8 cm³/mol. The van der Waals surface area contributed by atoms with Gasteiger partial charge >= 0.3 is 0 Å². The van der Waals surface area contributed by atoms with Gasteiger partial charge < -0.3 is 5.11 Å². The summed E-state index contributed by atoms with van der Waals surface area (Å²) in [6, 6.07) is 6.53. The van der Waals surface area contributed by atoms with Crippen molar-refractivity contribution in [2.45, 2.75) is 40.0 Å². The molecule has 0 saturated carbocycles. The number of phenols is 1. The molecule has 3 rings (SSSR count). The van der Waals surface area contributed by atoms with Crippen molar-refractivity contribution in [2.24, 2.45) is 0 Å². The first-order chi connectivity index (χ1) is 10.1. The highest BCUT2D eigenvalue weighted by atomic mass is 79.9. The lowest BCUT2D eigenvalue weighted by Crippen LogP contribution is -1.89. The van der Waals surface area contributed by atoms with E-state index in [-0.39, 0.29) is 0 Å². The molecule has 0 atom stereocenters. The first kappa shape index (κ1) is 14.9. The molecule has 0 aliphatic rings. The average molecular weight is 363 g/mol. The van der Waals surface area contributed by atoms with Crippen LogP contribution in [0, 0.1) is 0 Å². The van der Waals surface area contributed by atoms with Crippen LogP contribution in [0.15, 0.2) is 22.7 Å². The number of rotatable bonds is 3. The highest BCUT2D eigenvalue weighted by Gasteiger charge is 2.17. The zero-order valence-electron chi connectivity index (χ0n) is 12.6. The van der Waals surface area contributed by atoms with Gasteiger partial charge in [-0.2, -0.15) is 0 Å². The Balaban J connectivity index is 2.51. The van der Waals surface area contributed by atoms with Gasteiger partial charge in [0, 0.05) is 30.2 Å². The second kappa shape index (κ2) is 5.62. The Bertz CT molecular complexity index is 832. The smallest absolute Gasteiger partial charge is 0.123 e. The molecule has 1 nitrogen and oxygen atoms in total. The van der Waals surface area contributed by atoms with E-state index in [0.29, 0.717) is 5.75 Å². The largest absolute Gasteiger partial charge is 0.507 e. The predicted octanol–water partition coefficient (Wildman–Crippen LogP) is 6.21. The van der Waals surface area contributed by atoms with Crippen molar-refractivity contribution in [1.82, 2.24) is 0 Å². The van der Waals surface area contributed by atoms with E-state index < -0.39 is 0 Å². The molecular formula is C18H19BrOS. The molecule has 0 saturated heterocycles. The maximum Gasteiger partial charge on any atom is 0.123 e. The molecule has 0 amide bonds. The van der Waals surface area contributed by atoms with Crippen molar-refractivity contribution in [3.05, 3.63) is 39.4 Å². The number of aryl methyl sites for hydroxylation is 3. The summed E-state index contributed by atoms with van der Waals surface area (Å²) in [5.74, 6) is 0.496.